The van der Waals surface area contributed by atoms with Gasteiger partial charge in [0.2, 0.25) is 0 Å². The van der Waals surface area contributed by atoms with Crippen LogP contribution in [0.25, 0.3) is 5.57 Å². The number of hydrogen-bond acceptors (Lipinski definition) is 1. The maximum Gasteiger partial charge on any atom is 0.0181 e. The summed E-state index contributed by atoms with van der Waals surface area (Å²) in [7, 11) is 0. The molecule has 0 saturated heterocycles. The highest BCUT2D eigenvalue weighted by molar-refractivity contribution is 7.99. The SMILES string of the molecule is C=C(CSC)c1ccc(C)cc1. The van der Waals surface area contributed by atoms with Crippen molar-refractivity contribution in [2.24, 2.45) is 0 Å². The van der Waals surface area contributed by atoms with E-state index in [4.69, 9.17) is 0 Å². The third-order valence-electron chi connectivity index (χ3n) is 1.78. The molecule has 1 rings (SSSR count). The molecule has 1 heteroatoms. The van der Waals surface area contributed by atoms with Crippen LogP contribution >= 0.6 is 11.8 Å². The van der Waals surface area contributed by atoms with E-state index >= 15 is 0 Å². The first kappa shape index (κ1) is 9.40. The van der Waals surface area contributed by atoms with Crippen molar-refractivity contribution < 1.29 is 0 Å². The van der Waals surface area contributed by atoms with E-state index in [1.165, 1.54) is 16.7 Å². The molecule has 1 aromatic carbocycles. The van der Waals surface area contributed by atoms with Gasteiger partial charge in [-0.2, -0.15) is 11.8 Å². The Hall–Kier alpha value is -0.690. The molecule has 0 bridgehead atoms. The maximum atomic E-state index is 4.02. The van der Waals surface area contributed by atoms with Crippen molar-refractivity contribution in [3.63, 3.8) is 0 Å². The topological polar surface area (TPSA) is 0 Å². The Morgan fingerprint density at radius 2 is 1.92 bits per heavy atom. The Morgan fingerprint density at radius 3 is 2.42 bits per heavy atom. The fourth-order valence-electron chi connectivity index (χ4n) is 1.05. The first-order valence-corrected chi connectivity index (χ1v) is 5.37. The first-order valence-electron chi connectivity index (χ1n) is 3.98. The second kappa shape index (κ2) is 4.36. The van der Waals surface area contributed by atoms with Crippen molar-refractivity contribution in [1.82, 2.24) is 0 Å². The molecule has 0 atom stereocenters. The summed E-state index contributed by atoms with van der Waals surface area (Å²) in [5, 5.41) is 0. The summed E-state index contributed by atoms with van der Waals surface area (Å²) in [5.74, 6) is 1.02. The largest absolute Gasteiger partial charge is 0.161 e. The fraction of sp³-hybridized carbons (Fsp3) is 0.273. The van der Waals surface area contributed by atoms with Crippen LogP contribution in [0.2, 0.25) is 0 Å². The summed E-state index contributed by atoms with van der Waals surface area (Å²) >= 11 is 1.81. The Balaban J connectivity index is 2.75. The van der Waals surface area contributed by atoms with Gasteiger partial charge in [-0.15, -0.1) is 0 Å². The van der Waals surface area contributed by atoms with E-state index in [2.05, 4.69) is 44.0 Å². The molecular formula is C11H14S. The van der Waals surface area contributed by atoms with E-state index in [-0.39, 0.29) is 0 Å². The van der Waals surface area contributed by atoms with Gasteiger partial charge in [0.05, 0.1) is 0 Å². The lowest BCUT2D eigenvalue weighted by Crippen LogP contribution is -1.85. The van der Waals surface area contributed by atoms with Crippen LogP contribution in [-0.2, 0) is 0 Å². The molecule has 0 fully saturated rings. The molecular weight excluding hydrogens is 164 g/mol. The number of thioether (sulfide) groups is 1. The predicted octanol–water partition coefficient (Wildman–Crippen LogP) is 3.37. The van der Waals surface area contributed by atoms with Crippen LogP contribution in [0.15, 0.2) is 30.8 Å². The highest BCUT2D eigenvalue weighted by Gasteiger charge is 1.96. The average molecular weight is 178 g/mol. The van der Waals surface area contributed by atoms with Gasteiger partial charge in [0.15, 0.2) is 0 Å². The minimum atomic E-state index is 1.02. The van der Waals surface area contributed by atoms with Crippen molar-refractivity contribution in [2.45, 2.75) is 6.92 Å². The molecule has 1 aromatic rings. The van der Waals surface area contributed by atoms with Gasteiger partial charge in [-0.3, -0.25) is 0 Å². The van der Waals surface area contributed by atoms with Gasteiger partial charge in [0, 0.05) is 5.75 Å². The Bertz CT molecular complexity index is 259. The van der Waals surface area contributed by atoms with E-state index in [0.29, 0.717) is 0 Å². The molecule has 0 aliphatic carbocycles. The van der Waals surface area contributed by atoms with Gasteiger partial charge in [-0.1, -0.05) is 36.4 Å². The van der Waals surface area contributed by atoms with Gasteiger partial charge in [0.1, 0.15) is 0 Å². The van der Waals surface area contributed by atoms with Gasteiger partial charge in [-0.05, 0) is 24.3 Å². The Morgan fingerprint density at radius 1 is 1.33 bits per heavy atom. The van der Waals surface area contributed by atoms with Crippen molar-refractivity contribution in [1.29, 1.82) is 0 Å². The molecule has 64 valence electrons. The molecule has 0 nitrogen and oxygen atoms in total. The quantitative estimate of drug-likeness (QED) is 0.684. The van der Waals surface area contributed by atoms with Gasteiger partial charge in [0.25, 0.3) is 0 Å². The standard InChI is InChI=1S/C11H14S/c1-9-4-6-11(7-5-9)10(2)8-12-3/h4-7H,2,8H2,1,3H3. The normalized spacial score (nSPS) is 9.83. The van der Waals surface area contributed by atoms with Crippen LogP contribution in [0.5, 0.6) is 0 Å². The molecule has 0 N–H and O–H groups in total. The monoisotopic (exact) mass is 178 g/mol. The van der Waals surface area contributed by atoms with Gasteiger partial charge < -0.3 is 0 Å². The maximum absolute atomic E-state index is 4.02. The lowest BCUT2D eigenvalue weighted by molar-refractivity contribution is 1.45. The fourth-order valence-corrected chi connectivity index (χ4v) is 1.56. The van der Waals surface area contributed by atoms with Crippen LogP contribution in [0.4, 0.5) is 0 Å². The highest BCUT2D eigenvalue weighted by Crippen LogP contribution is 2.16. The number of aryl methyl sites for hydroxylation is 1. The smallest absolute Gasteiger partial charge is 0.0181 e. The number of benzene rings is 1. The highest BCUT2D eigenvalue weighted by atomic mass is 32.2. The molecule has 0 saturated carbocycles. The summed E-state index contributed by atoms with van der Waals surface area (Å²) in [6.45, 7) is 6.12. The van der Waals surface area contributed by atoms with Crippen molar-refractivity contribution in [3.05, 3.63) is 42.0 Å². The van der Waals surface area contributed by atoms with Crippen LogP contribution in [-0.4, -0.2) is 12.0 Å². The molecule has 0 aliphatic heterocycles. The average Bonchev–Trinajstić information content (AvgIpc) is 2.06. The van der Waals surface area contributed by atoms with Gasteiger partial charge >= 0.3 is 0 Å². The van der Waals surface area contributed by atoms with E-state index < -0.39 is 0 Å². The summed E-state index contributed by atoms with van der Waals surface area (Å²) in [4.78, 5) is 0. The number of hydrogen-bond donors (Lipinski definition) is 0. The molecule has 0 amide bonds. The molecule has 12 heavy (non-hydrogen) atoms. The van der Waals surface area contributed by atoms with Crippen molar-refractivity contribution in [2.75, 3.05) is 12.0 Å². The molecule has 0 radical (unpaired) electrons. The summed E-state index contributed by atoms with van der Waals surface area (Å²) < 4.78 is 0. The van der Waals surface area contributed by atoms with Crippen molar-refractivity contribution in [3.8, 4) is 0 Å². The van der Waals surface area contributed by atoms with E-state index in [9.17, 15) is 0 Å². The first-order chi connectivity index (χ1) is 5.74. The summed E-state index contributed by atoms with van der Waals surface area (Å²) in [5.41, 5.74) is 3.77. The van der Waals surface area contributed by atoms with E-state index in [1.54, 1.807) is 0 Å². The van der Waals surface area contributed by atoms with Crippen LogP contribution in [0.1, 0.15) is 11.1 Å². The zero-order valence-electron chi connectivity index (χ0n) is 7.63. The van der Waals surface area contributed by atoms with Crippen LogP contribution < -0.4 is 0 Å². The predicted molar refractivity (Wildman–Crippen MR) is 58.6 cm³/mol. The minimum absolute atomic E-state index is 1.02. The Kier molecular flexibility index (Phi) is 3.42. The molecule has 0 heterocycles. The minimum Gasteiger partial charge on any atom is -0.161 e. The number of rotatable bonds is 3. The molecule has 0 unspecified atom stereocenters. The van der Waals surface area contributed by atoms with Gasteiger partial charge in [-0.25, -0.2) is 0 Å². The van der Waals surface area contributed by atoms with Crippen LogP contribution in [0, 0.1) is 6.92 Å². The summed E-state index contributed by atoms with van der Waals surface area (Å²) in [6, 6.07) is 8.52. The second-order valence-electron chi connectivity index (χ2n) is 2.90. The van der Waals surface area contributed by atoms with E-state index in [0.717, 1.165) is 5.75 Å². The second-order valence-corrected chi connectivity index (χ2v) is 3.77. The molecule has 0 aromatic heterocycles. The zero-order chi connectivity index (χ0) is 8.97. The summed E-state index contributed by atoms with van der Waals surface area (Å²) in [6.07, 6.45) is 2.10. The lowest BCUT2D eigenvalue weighted by Gasteiger charge is -2.03. The zero-order valence-corrected chi connectivity index (χ0v) is 8.45. The third kappa shape index (κ3) is 2.42. The Labute approximate surface area is 78.7 Å². The third-order valence-corrected chi connectivity index (χ3v) is 2.42. The molecule has 0 spiro atoms. The lowest BCUT2D eigenvalue weighted by atomic mass is 10.1. The van der Waals surface area contributed by atoms with Crippen molar-refractivity contribution >= 4 is 17.3 Å². The molecule has 0 aliphatic rings. The van der Waals surface area contributed by atoms with E-state index in [1.807, 2.05) is 11.8 Å². The van der Waals surface area contributed by atoms with Crippen LogP contribution in [0.3, 0.4) is 0 Å².